The molecule has 3 N–H and O–H groups in total. The Morgan fingerprint density at radius 1 is 1.19 bits per heavy atom. The fourth-order valence-corrected chi connectivity index (χ4v) is 2.42. The molecule has 2 rings (SSSR count). The molecule has 110 valence electrons. The summed E-state index contributed by atoms with van der Waals surface area (Å²) in [5.41, 5.74) is 10.0. The minimum Gasteiger partial charge on any atom is -0.398 e. The quantitative estimate of drug-likeness (QED) is 0.826. The van der Waals surface area contributed by atoms with E-state index in [0.29, 0.717) is 12.1 Å². The topological polar surface area (TPSA) is 55.1 Å². The molecule has 3 heteroatoms. The van der Waals surface area contributed by atoms with Crippen molar-refractivity contribution in [3.05, 3.63) is 65.2 Å². The zero-order valence-corrected chi connectivity index (χ0v) is 12.6. The number of hydrogen-bond donors (Lipinski definition) is 2. The Morgan fingerprint density at radius 2 is 1.95 bits per heavy atom. The molecule has 0 aliphatic carbocycles. The number of nitrogens with one attached hydrogen (secondary N) is 1. The molecule has 0 saturated heterocycles. The number of carbonyl (C=O) groups excluding carboxylic acids is 1. The van der Waals surface area contributed by atoms with E-state index in [1.54, 1.807) is 0 Å². The summed E-state index contributed by atoms with van der Waals surface area (Å²) in [7, 11) is 0. The number of hydrogen-bond acceptors (Lipinski definition) is 2. The summed E-state index contributed by atoms with van der Waals surface area (Å²) in [6.45, 7) is 4.01. The molecule has 2 aromatic rings. The lowest BCUT2D eigenvalue weighted by Gasteiger charge is -2.16. The first-order valence-electron chi connectivity index (χ1n) is 7.25. The summed E-state index contributed by atoms with van der Waals surface area (Å²) in [5, 5.41) is 3.00. The predicted molar refractivity (Wildman–Crippen MR) is 86.9 cm³/mol. The van der Waals surface area contributed by atoms with Crippen molar-refractivity contribution in [2.24, 2.45) is 0 Å². The van der Waals surface area contributed by atoms with Gasteiger partial charge < -0.3 is 11.1 Å². The first-order chi connectivity index (χ1) is 10.1. The van der Waals surface area contributed by atoms with E-state index < -0.39 is 0 Å². The van der Waals surface area contributed by atoms with Crippen LogP contribution in [0.25, 0.3) is 0 Å². The first-order valence-corrected chi connectivity index (χ1v) is 7.25. The lowest BCUT2D eigenvalue weighted by Crippen LogP contribution is -2.27. The van der Waals surface area contributed by atoms with Crippen LogP contribution >= 0.6 is 0 Å². The van der Waals surface area contributed by atoms with Gasteiger partial charge in [0.25, 0.3) is 0 Å². The highest BCUT2D eigenvalue weighted by Gasteiger charge is 2.11. The molecule has 3 nitrogen and oxygen atoms in total. The first kappa shape index (κ1) is 15.1. The molecule has 2 aromatic carbocycles. The van der Waals surface area contributed by atoms with Gasteiger partial charge in [-0.2, -0.15) is 0 Å². The van der Waals surface area contributed by atoms with E-state index in [0.717, 1.165) is 12.0 Å². The number of nitrogens with two attached hydrogens (primary N) is 1. The van der Waals surface area contributed by atoms with Crippen LogP contribution in [0.1, 0.15) is 36.1 Å². The maximum absolute atomic E-state index is 12.0. The number of aryl methyl sites for hydroxylation is 2. The van der Waals surface area contributed by atoms with Crippen molar-refractivity contribution in [2.45, 2.75) is 32.7 Å². The van der Waals surface area contributed by atoms with Crippen molar-refractivity contribution in [2.75, 3.05) is 5.73 Å². The number of para-hydroxylation sites is 1. The maximum atomic E-state index is 12.0. The van der Waals surface area contributed by atoms with Gasteiger partial charge >= 0.3 is 0 Å². The van der Waals surface area contributed by atoms with Gasteiger partial charge in [-0.1, -0.05) is 48.0 Å². The third-order valence-corrected chi connectivity index (χ3v) is 3.56. The number of nitrogen functional groups attached to an aromatic ring is 1. The minimum absolute atomic E-state index is 0.0484. The Kier molecular flexibility index (Phi) is 4.99. The van der Waals surface area contributed by atoms with Crippen LogP contribution < -0.4 is 11.1 Å². The van der Waals surface area contributed by atoms with Crippen molar-refractivity contribution < 1.29 is 4.79 Å². The van der Waals surface area contributed by atoms with Gasteiger partial charge in [-0.15, -0.1) is 0 Å². The van der Waals surface area contributed by atoms with Crippen LogP contribution in [0, 0.1) is 6.92 Å². The Bertz CT molecular complexity index is 622. The Labute approximate surface area is 126 Å². The average Bonchev–Trinajstić information content (AvgIpc) is 2.45. The molecule has 0 fully saturated rings. The average molecular weight is 282 g/mol. The summed E-state index contributed by atoms with van der Waals surface area (Å²) >= 11 is 0. The van der Waals surface area contributed by atoms with Crippen molar-refractivity contribution >= 4 is 11.6 Å². The third-order valence-electron chi connectivity index (χ3n) is 3.56. The molecule has 0 radical (unpaired) electrons. The number of amides is 1. The molecule has 0 aliphatic heterocycles. The zero-order valence-electron chi connectivity index (χ0n) is 12.6. The summed E-state index contributed by atoms with van der Waals surface area (Å²) in [6, 6.07) is 15.8. The van der Waals surface area contributed by atoms with Crippen molar-refractivity contribution in [3.63, 3.8) is 0 Å². The summed E-state index contributed by atoms with van der Waals surface area (Å²) in [4.78, 5) is 12.0. The SMILES string of the molecule is Cc1cccc(CCC(=O)NC(C)c2ccccc2N)c1. The normalized spacial score (nSPS) is 11.9. The largest absolute Gasteiger partial charge is 0.398 e. The van der Waals surface area contributed by atoms with Crippen LogP contribution in [0.3, 0.4) is 0 Å². The van der Waals surface area contributed by atoms with Crippen molar-refractivity contribution in [1.82, 2.24) is 5.32 Å². The molecular weight excluding hydrogens is 260 g/mol. The Hall–Kier alpha value is -2.29. The number of rotatable bonds is 5. The second kappa shape index (κ2) is 6.93. The van der Waals surface area contributed by atoms with Crippen LogP contribution in [0.2, 0.25) is 0 Å². The molecule has 1 atom stereocenters. The molecular formula is C18H22N2O. The lowest BCUT2D eigenvalue weighted by atomic mass is 10.0. The minimum atomic E-state index is -0.0730. The number of benzene rings is 2. The van der Waals surface area contributed by atoms with E-state index in [2.05, 4.69) is 30.4 Å². The van der Waals surface area contributed by atoms with Gasteiger partial charge in [-0.25, -0.2) is 0 Å². The molecule has 0 saturated carbocycles. The fourth-order valence-electron chi connectivity index (χ4n) is 2.42. The fraction of sp³-hybridized carbons (Fsp3) is 0.278. The summed E-state index contributed by atoms with van der Waals surface area (Å²) in [6.07, 6.45) is 1.24. The van der Waals surface area contributed by atoms with Gasteiger partial charge in [0.2, 0.25) is 5.91 Å². The molecule has 1 amide bonds. The van der Waals surface area contributed by atoms with Crippen molar-refractivity contribution in [3.8, 4) is 0 Å². The third kappa shape index (κ3) is 4.35. The molecule has 1 unspecified atom stereocenters. The van der Waals surface area contributed by atoms with E-state index in [-0.39, 0.29) is 11.9 Å². The van der Waals surface area contributed by atoms with Crippen molar-refractivity contribution in [1.29, 1.82) is 0 Å². The predicted octanol–water partition coefficient (Wildman–Crippen LogP) is 3.39. The van der Waals surface area contributed by atoms with Crippen LogP contribution in [0.15, 0.2) is 48.5 Å². The molecule has 0 heterocycles. The highest BCUT2D eigenvalue weighted by Crippen LogP contribution is 2.19. The van der Waals surface area contributed by atoms with Gasteiger partial charge in [0.15, 0.2) is 0 Å². The van der Waals surface area contributed by atoms with E-state index in [4.69, 9.17) is 5.73 Å². The van der Waals surface area contributed by atoms with Crippen LogP contribution in [0.5, 0.6) is 0 Å². The standard InChI is InChI=1S/C18H22N2O/c1-13-6-5-7-15(12-13)10-11-18(21)20-14(2)16-8-3-4-9-17(16)19/h3-9,12,14H,10-11,19H2,1-2H3,(H,20,21). The molecule has 21 heavy (non-hydrogen) atoms. The van der Waals surface area contributed by atoms with Crippen LogP contribution in [-0.4, -0.2) is 5.91 Å². The summed E-state index contributed by atoms with van der Waals surface area (Å²) in [5.74, 6) is 0.0484. The van der Waals surface area contributed by atoms with Crippen LogP contribution in [0.4, 0.5) is 5.69 Å². The van der Waals surface area contributed by atoms with Gasteiger partial charge in [0, 0.05) is 12.1 Å². The molecule has 0 aromatic heterocycles. The van der Waals surface area contributed by atoms with E-state index in [1.165, 1.54) is 11.1 Å². The van der Waals surface area contributed by atoms with E-state index in [9.17, 15) is 4.79 Å². The highest BCUT2D eigenvalue weighted by atomic mass is 16.1. The molecule has 0 spiro atoms. The van der Waals surface area contributed by atoms with Gasteiger partial charge in [0.05, 0.1) is 6.04 Å². The maximum Gasteiger partial charge on any atom is 0.220 e. The number of carbonyl (C=O) groups is 1. The number of anilines is 1. The van der Waals surface area contributed by atoms with E-state index >= 15 is 0 Å². The van der Waals surface area contributed by atoms with Crippen LogP contribution in [-0.2, 0) is 11.2 Å². The van der Waals surface area contributed by atoms with E-state index in [1.807, 2.05) is 37.3 Å². The molecule has 0 bridgehead atoms. The monoisotopic (exact) mass is 282 g/mol. The highest BCUT2D eigenvalue weighted by molar-refractivity contribution is 5.77. The smallest absolute Gasteiger partial charge is 0.220 e. The van der Waals surface area contributed by atoms with Gasteiger partial charge in [-0.3, -0.25) is 4.79 Å². The second-order valence-electron chi connectivity index (χ2n) is 5.41. The second-order valence-corrected chi connectivity index (χ2v) is 5.41. The summed E-state index contributed by atoms with van der Waals surface area (Å²) < 4.78 is 0. The van der Waals surface area contributed by atoms with Gasteiger partial charge in [-0.05, 0) is 37.5 Å². The zero-order chi connectivity index (χ0) is 15.2. The lowest BCUT2D eigenvalue weighted by molar-refractivity contribution is -0.121. The Balaban J connectivity index is 1.89. The Morgan fingerprint density at radius 3 is 2.67 bits per heavy atom. The molecule has 0 aliphatic rings. The van der Waals surface area contributed by atoms with Gasteiger partial charge in [0.1, 0.15) is 0 Å².